The molecule has 32 heavy (non-hydrogen) atoms. The highest BCUT2D eigenvalue weighted by atomic mass is 16.7. The number of phenols is 5. The van der Waals surface area contributed by atoms with Crippen molar-refractivity contribution in [3.8, 4) is 45.8 Å². The third-order valence-corrected chi connectivity index (χ3v) is 5.20. The Bertz CT molecular complexity index is 1160. The molecule has 5 unspecified atom stereocenters. The molecular weight excluding hydrogens is 428 g/mol. The van der Waals surface area contributed by atoms with E-state index in [1.54, 1.807) is 0 Å². The summed E-state index contributed by atoms with van der Waals surface area (Å²) in [7, 11) is 0. The predicted molar refractivity (Wildman–Crippen MR) is 107 cm³/mol. The summed E-state index contributed by atoms with van der Waals surface area (Å²) in [5.41, 5.74) is 0.0299. The van der Waals surface area contributed by atoms with Gasteiger partial charge in [0, 0.05) is 24.3 Å². The van der Waals surface area contributed by atoms with E-state index in [0.29, 0.717) is 0 Å². The highest BCUT2D eigenvalue weighted by molar-refractivity contribution is 5.88. The van der Waals surface area contributed by atoms with Gasteiger partial charge in [0.05, 0.1) is 17.7 Å². The second-order valence-corrected chi connectivity index (χ2v) is 7.48. The molecule has 0 bridgehead atoms. The zero-order chi connectivity index (χ0) is 23.3. The molecule has 0 saturated carbocycles. The summed E-state index contributed by atoms with van der Waals surface area (Å²) < 4.78 is 16.9. The van der Waals surface area contributed by atoms with E-state index in [1.807, 2.05) is 0 Å². The van der Waals surface area contributed by atoms with Crippen LogP contribution in [0.4, 0.5) is 0 Å². The number of hydrogen-bond donors (Lipinski definition) is 8. The standard InChI is InChI=1S/C21H20O11/c1-7-16(26)18(28)19(29)21(30-7)32-15-6-10-11(23)4-9(22)5-14(10)31-20(15)8-2-12(24)17(27)13(25)3-8/h2-7,16,18-19,21,26,28-29H,1H3,(H4-,22,23,24,25,27)/p+1. The lowest BCUT2D eigenvalue weighted by atomic mass is 10.00. The fourth-order valence-electron chi connectivity index (χ4n) is 3.44. The number of hydrogen-bond acceptors (Lipinski definition) is 10. The molecule has 1 fully saturated rings. The molecule has 0 amide bonds. The van der Waals surface area contributed by atoms with Gasteiger partial charge in [0.2, 0.25) is 12.0 Å². The molecule has 3 aromatic rings. The first-order valence-electron chi connectivity index (χ1n) is 9.51. The molecule has 1 aliphatic rings. The van der Waals surface area contributed by atoms with Crippen molar-refractivity contribution in [3.63, 3.8) is 0 Å². The Morgan fingerprint density at radius 1 is 0.812 bits per heavy atom. The monoisotopic (exact) mass is 449 g/mol. The first kappa shape index (κ1) is 21.7. The maximum atomic E-state index is 10.3. The molecule has 8 N–H and O–H groups in total. The Balaban J connectivity index is 1.87. The minimum absolute atomic E-state index is 0.00541. The summed E-state index contributed by atoms with van der Waals surface area (Å²) in [6.45, 7) is 1.46. The first-order chi connectivity index (χ1) is 15.1. The van der Waals surface area contributed by atoms with Crippen molar-refractivity contribution in [1.29, 1.82) is 0 Å². The molecule has 0 radical (unpaired) electrons. The normalized spacial score (nSPS) is 25.7. The van der Waals surface area contributed by atoms with Crippen LogP contribution >= 0.6 is 0 Å². The van der Waals surface area contributed by atoms with Gasteiger partial charge in [-0.1, -0.05) is 0 Å². The number of phenolic OH excluding ortho intramolecular Hbond substituents is 5. The number of fused-ring (bicyclic) bond motifs is 1. The van der Waals surface area contributed by atoms with Crippen molar-refractivity contribution in [2.75, 3.05) is 0 Å². The summed E-state index contributed by atoms with van der Waals surface area (Å²) >= 11 is 0. The van der Waals surface area contributed by atoms with Gasteiger partial charge in [-0.05, 0) is 6.92 Å². The lowest BCUT2D eigenvalue weighted by Gasteiger charge is -2.38. The average molecular weight is 449 g/mol. The van der Waals surface area contributed by atoms with E-state index in [0.717, 1.165) is 18.2 Å². The molecule has 170 valence electrons. The van der Waals surface area contributed by atoms with E-state index in [-0.39, 0.29) is 39.5 Å². The van der Waals surface area contributed by atoms with Crippen molar-refractivity contribution in [3.05, 3.63) is 30.3 Å². The summed E-state index contributed by atoms with van der Waals surface area (Å²) in [4.78, 5) is 0. The van der Waals surface area contributed by atoms with Crippen molar-refractivity contribution in [1.82, 2.24) is 0 Å². The summed E-state index contributed by atoms with van der Waals surface area (Å²) in [6, 6.07) is 5.69. The van der Waals surface area contributed by atoms with Crippen molar-refractivity contribution in [2.45, 2.75) is 37.6 Å². The summed E-state index contributed by atoms with van der Waals surface area (Å²) in [6.07, 6.45) is -6.94. The van der Waals surface area contributed by atoms with E-state index >= 15 is 0 Å². The quantitative estimate of drug-likeness (QED) is 0.211. The topological polar surface area (TPSA) is 192 Å². The van der Waals surface area contributed by atoms with Gasteiger partial charge in [0.25, 0.3) is 0 Å². The van der Waals surface area contributed by atoms with E-state index in [9.17, 15) is 40.9 Å². The fourth-order valence-corrected chi connectivity index (χ4v) is 3.44. The lowest BCUT2D eigenvalue weighted by molar-refractivity contribution is -0.268. The predicted octanol–water partition coefficient (Wildman–Crippen LogP) is 1.12. The van der Waals surface area contributed by atoms with E-state index in [4.69, 9.17) is 13.9 Å². The van der Waals surface area contributed by atoms with Crippen LogP contribution in [0, 0.1) is 0 Å². The average Bonchev–Trinajstić information content (AvgIpc) is 2.73. The number of aliphatic hydroxyl groups excluding tert-OH is 3. The number of aliphatic hydroxyl groups is 3. The van der Waals surface area contributed by atoms with Crippen molar-refractivity contribution >= 4 is 11.0 Å². The van der Waals surface area contributed by atoms with Crippen LogP contribution in [0.3, 0.4) is 0 Å². The molecule has 2 heterocycles. The molecule has 1 saturated heterocycles. The maximum absolute atomic E-state index is 10.3. The van der Waals surface area contributed by atoms with Gasteiger partial charge in [-0.15, -0.1) is 0 Å². The number of benzene rings is 2. The number of aromatic hydroxyl groups is 5. The Kier molecular flexibility index (Phi) is 5.34. The van der Waals surface area contributed by atoms with Gasteiger partial charge < -0.3 is 50.3 Å². The minimum Gasteiger partial charge on any atom is -0.507 e. The van der Waals surface area contributed by atoms with Crippen LogP contribution in [0.25, 0.3) is 22.3 Å². The summed E-state index contributed by atoms with van der Waals surface area (Å²) in [5, 5.41) is 79.7. The lowest BCUT2D eigenvalue weighted by Crippen LogP contribution is -2.58. The van der Waals surface area contributed by atoms with Crippen LogP contribution in [-0.4, -0.2) is 71.6 Å². The second kappa shape index (κ2) is 7.88. The van der Waals surface area contributed by atoms with Gasteiger partial charge in [0.1, 0.15) is 35.2 Å². The largest absolute Gasteiger partial charge is 0.507 e. The van der Waals surface area contributed by atoms with Crippen molar-refractivity contribution in [2.24, 2.45) is 0 Å². The number of rotatable bonds is 3. The molecule has 11 nitrogen and oxygen atoms in total. The van der Waals surface area contributed by atoms with Gasteiger partial charge in [0.15, 0.2) is 17.2 Å². The molecule has 0 aliphatic carbocycles. The van der Waals surface area contributed by atoms with Gasteiger partial charge >= 0.3 is 11.3 Å². The minimum atomic E-state index is -1.65. The van der Waals surface area contributed by atoms with Gasteiger partial charge in [-0.2, -0.15) is 0 Å². The van der Waals surface area contributed by atoms with Gasteiger partial charge in [-0.25, -0.2) is 4.42 Å². The molecule has 4 rings (SSSR count). The Morgan fingerprint density at radius 2 is 1.47 bits per heavy atom. The highest BCUT2D eigenvalue weighted by Gasteiger charge is 2.44. The summed E-state index contributed by atoms with van der Waals surface area (Å²) in [5.74, 6) is -3.04. The molecular formula is C21H21O11+. The van der Waals surface area contributed by atoms with Crippen LogP contribution in [0.5, 0.6) is 34.5 Å². The van der Waals surface area contributed by atoms with Crippen molar-refractivity contribution < 1.29 is 54.7 Å². The molecule has 1 aromatic heterocycles. The third-order valence-electron chi connectivity index (χ3n) is 5.20. The van der Waals surface area contributed by atoms with Crippen LogP contribution in [-0.2, 0) is 4.74 Å². The first-order valence-corrected chi connectivity index (χ1v) is 9.51. The van der Waals surface area contributed by atoms with E-state index in [1.165, 1.54) is 19.1 Å². The third kappa shape index (κ3) is 3.67. The number of ether oxygens (including phenoxy) is 2. The highest BCUT2D eigenvalue weighted by Crippen LogP contribution is 2.44. The smallest absolute Gasteiger partial charge is 0.402 e. The molecule has 5 atom stereocenters. The van der Waals surface area contributed by atoms with E-state index in [2.05, 4.69) is 0 Å². The van der Waals surface area contributed by atoms with Crippen LogP contribution in [0.15, 0.2) is 34.7 Å². The van der Waals surface area contributed by atoms with Gasteiger partial charge in [-0.3, -0.25) is 0 Å². The fraction of sp³-hybridized carbons (Fsp3) is 0.286. The van der Waals surface area contributed by atoms with Crippen LogP contribution < -0.4 is 4.74 Å². The molecule has 0 spiro atoms. The molecule has 11 heteroatoms. The zero-order valence-electron chi connectivity index (χ0n) is 16.6. The molecule has 2 aromatic carbocycles. The van der Waals surface area contributed by atoms with Crippen LogP contribution in [0.2, 0.25) is 0 Å². The maximum Gasteiger partial charge on any atom is 0.402 e. The Hall–Kier alpha value is -3.51. The Labute approximate surface area is 180 Å². The molecule has 1 aliphatic heterocycles. The van der Waals surface area contributed by atoms with Crippen LogP contribution in [0.1, 0.15) is 6.92 Å². The zero-order valence-corrected chi connectivity index (χ0v) is 16.6. The Morgan fingerprint density at radius 3 is 2.12 bits per heavy atom. The SMILES string of the molecule is CC1OC(Oc2cc3c(O)cc(O)cc3[o+]c2-c2cc(O)c(O)c(O)c2)C(O)C(O)C1O. The van der Waals surface area contributed by atoms with E-state index < -0.39 is 48.0 Å². The second-order valence-electron chi connectivity index (χ2n) is 7.48.